The van der Waals surface area contributed by atoms with Crippen LogP contribution in [-0.4, -0.2) is 56.3 Å². The number of nitrogens with zero attached hydrogens (tertiary/aromatic N) is 2. The second-order valence-electron chi connectivity index (χ2n) is 7.04. The third kappa shape index (κ3) is 5.62. The second-order valence-corrected chi connectivity index (χ2v) is 8.98. The van der Waals surface area contributed by atoms with Crippen LogP contribution in [0.1, 0.15) is 18.9 Å². The molecule has 0 aromatic heterocycles. The van der Waals surface area contributed by atoms with Gasteiger partial charge in [-0.05, 0) is 48.9 Å². The minimum absolute atomic E-state index is 0.172. The minimum Gasteiger partial charge on any atom is -0.326 e. The number of likely N-dealkylation sites (N-methyl/N-ethyl adjacent to an activating group) is 1. The zero-order valence-corrected chi connectivity index (χ0v) is 17.3. The summed E-state index contributed by atoms with van der Waals surface area (Å²) in [6.45, 7) is 5.31. The molecule has 8 heteroatoms. The van der Waals surface area contributed by atoms with Gasteiger partial charge in [-0.15, -0.1) is 0 Å². The van der Waals surface area contributed by atoms with E-state index in [-0.39, 0.29) is 23.0 Å². The summed E-state index contributed by atoms with van der Waals surface area (Å²) in [6, 6.07) is 12.5. The van der Waals surface area contributed by atoms with Crippen LogP contribution in [0.25, 0.3) is 0 Å². The van der Waals surface area contributed by atoms with E-state index in [9.17, 15) is 17.6 Å². The number of carbonyl (C=O) groups is 1. The third-order valence-electron chi connectivity index (χ3n) is 5.06. The lowest BCUT2D eigenvalue weighted by Crippen LogP contribution is -2.48. The Bertz CT molecular complexity index is 957. The molecule has 1 heterocycles. The average molecular weight is 420 g/mol. The van der Waals surface area contributed by atoms with Crippen molar-refractivity contribution in [3.63, 3.8) is 0 Å². The number of hydrogen-bond acceptors (Lipinski definition) is 4. The Balaban J connectivity index is 1.62. The van der Waals surface area contributed by atoms with Crippen molar-refractivity contribution in [2.45, 2.75) is 24.7 Å². The Labute approximate surface area is 171 Å². The number of halogens is 1. The van der Waals surface area contributed by atoms with Gasteiger partial charge in [0.05, 0.1) is 4.90 Å². The van der Waals surface area contributed by atoms with E-state index in [1.807, 2.05) is 0 Å². The molecule has 0 bridgehead atoms. The summed E-state index contributed by atoms with van der Waals surface area (Å²) in [4.78, 5) is 14.6. The fraction of sp³-hybridized carbons (Fsp3) is 0.381. The first-order valence-electron chi connectivity index (χ1n) is 9.75. The molecule has 29 heavy (non-hydrogen) atoms. The molecule has 0 unspecified atom stereocenters. The maximum atomic E-state index is 13.2. The van der Waals surface area contributed by atoms with Crippen molar-refractivity contribution in [1.82, 2.24) is 9.21 Å². The number of anilines is 1. The molecule has 1 aliphatic heterocycles. The van der Waals surface area contributed by atoms with Crippen molar-refractivity contribution in [1.29, 1.82) is 0 Å². The fourth-order valence-corrected chi connectivity index (χ4v) is 4.81. The van der Waals surface area contributed by atoms with Crippen molar-refractivity contribution in [2.24, 2.45) is 0 Å². The molecule has 1 saturated heterocycles. The van der Waals surface area contributed by atoms with Gasteiger partial charge in [-0.3, -0.25) is 4.79 Å². The van der Waals surface area contributed by atoms with E-state index >= 15 is 0 Å². The summed E-state index contributed by atoms with van der Waals surface area (Å²) < 4.78 is 40.6. The maximum absolute atomic E-state index is 13.2. The number of sulfonamides is 1. The first-order valence-corrected chi connectivity index (χ1v) is 11.2. The van der Waals surface area contributed by atoms with E-state index in [0.29, 0.717) is 38.3 Å². The number of piperazine rings is 1. The van der Waals surface area contributed by atoms with Crippen molar-refractivity contribution in [3.8, 4) is 0 Å². The number of amides is 1. The summed E-state index contributed by atoms with van der Waals surface area (Å²) in [5, 5.41) is 2.73. The molecule has 1 amide bonds. The molecular formula is C21H26FN3O3S. The summed E-state index contributed by atoms with van der Waals surface area (Å²) in [7, 11) is -3.60. The van der Waals surface area contributed by atoms with E-state index in [4.69, 9.17) is 0 Å². The lowest BCUT2D eigenvalue weighted by molar-refractivity contribution is -0.116. The second kappa shape index (κ2) is 9.47. The normalized spacial score (nSPS) is 15.9. The molecule has 0 saturated carbocycles. The number of nitrogens with one attached hydrogen (secondary N) is 1. The van der Waals surface area contributed by atoms with Crippen LogP contribution >= 0.6 is 0 Å². The lowest BCUT2D eigenvalue weighted by Gasteiger charge is -2.33. The smallest absolute Gasteiger partial charge is 0.243 e. The standard InChI is InChI=1S/C21H26FN3O3S/c1-2-24-11-13-25(14-12-24)29(27,28)20-8-4-7-19(16-20)23-21(26)10-9-17-5-3-6-18(22)15-17/h3-8,15-16H,2,9-14H2,1H3,(H,23,26). The largest absolute Gasteiger partial charge is 0.326 e. The third-order valence-corrected chi connectivity index (χ3v) is 6.96. The predicted molar refractivity (Wildman–Crippen MR) is 111 cm³/mol. The number of carbonyl (C=O) groups excluding carboxylic acids is 1. The van der Waals surface area contributed by atoms with Crippen LogP contribution in [0.3, 0.4) is 0 Å². The Hall–Kier alpha value is -2.29. The van der Waals surface area contributed by atoms with Gasteiger partial charge in [-0.25, -0.2) is 12.8 Å². The summed E-state index contributed by atoms with van der Waals surface area (Å²) >= 11 is 0. The number of hydrogen-bond donors (Lipinski definition) is 1. The zero-order valence-electron chi connectivity index (χ0n) is 16.5. The zero-order chi connectivity index (χ0) is 20.9. The van der Waals surface area contributed by atoms with Crippen LogP contribution in [-0.2, 0) is 21.2 Å². The first-order chi connectivity index (χ1) is 13.9. The van der Waals surface area contributed by atoms with Crippen LogP contribution in [0.5, 0.6) is 0 Å². The van der Waals surface area contributed by atoms with Gasteiger partial charge in [0.15, 0.2) is 0 Å². The van der Waals surface area contributed by atoms with Gasteiger partial charge in [0.1, 0.15) is 5.82 Å². The van der Waals surface area contributed by atoms with E-state index in [1.54, 1.807) is 30.3 Å². The Morgan fingerprint density at radius 3 is 2.48 bits per heavy atom. The van der Waals surface area contributed by atoms with Crippen LogP contribution in [0.15, 0.2) is 53.4 Å². The van der Waals surface area contributed by atoms with Crippen LogP contribution in [0.2, 0.25) is 0 Å². The molecule has 0 atom stereocenters. The molecule has 2 aromatic rings. The van der Waals surface area contributed by atoms with Crippen molar-refractivity contribution < 1.29 is 17.6 Å². The highest BCUT2D eigenvalue weighted by atomic mass is 32.2. The molecule has 6 nitrogen and oxygen atoms in total. The quantitative estimate of drug-likeness (QED) is 0.749. The van der Waals surface area contributed by atoms with E-state index in [1.165, 1.54) is 22.5 Å². The molecule has 3 rings (SSSR count). The van der Waals surface area contributed by atoms with Gasteiger partial charge in [0, 0.05) is 38.3 Å². The van der Waals surface area contributed by atoms with Crippen molar-refractivity contribution in [3.05, 3.63) is 59.9 Å². The van der Waals surface area contributed by atoms with Gasteiger partial charge in [-0.1, -0.05) is 25.1 Å². The van der Waals surface area contributed by atoms with Crippen molar-refractivity contribution >= 4 is 21.6 Å². The molecule has 1 aliphatic rings. The molecule has 156 valence electrons. The Morgan fingerprint density at radius 2 is 1.79 bits per heavy atom. The average Bonchev–Trinajstić information content (AvgIpc) is 2.72. The topological polar surface area (TPSA) is 69.7 Å². The SMILES string of the molecule is CCN1CCN(S(=O)(=O)c2cccc(NC(=O)CCc3cccc(F)c3)c2)CC1. The minimum atomic E-state index is -3.60. The summed E-state index contributed by atoms with van der Waals surface area (Å²) in [6.07, 6.45) is 0.586. The van der Waals surface area contributed by atoms with Crippen molar-refractivity contribution in [2.75, 3.05) is 38.0 Å². The Kier molecular flexibility index (Phi) is 7.00. The monoisotopic (exact) mass is 419 g/mol. The summed E-state index contributed by atoms with van der Waals surface area (Å²) in [5.41, 5.74) is 1.17. The lowest BCUT2D eigenvalue weighted by atomic mass is 10.1. The van der Waals surface area contributed by atoms with E-state index < -0.39 is 10.0 Å². The molecule has 0 radical (unpaired) electrons. The van der Waals surface area contributed by atoms with Gasteiger partial charge in [0.25, 0.3) is 0 Å². The van der Waals surface area contributed by atoms with Gasteiger partial charge < -0.3 is 10.2 Å². The molecule has 1 fully saturated rings. The molecule has 2 aromatic carbocycles. The highest BCUT2D eigenvalue weighted by Crippen LogP contribution is 2.21. The maximum Gasteiger partial charge on any atom is 0.243 e. The summed E-state index contributed by atoms with van der Waals surface area (Å²) in [5.74, 6) is -0.582. The molecular weight excluding hydrogens is 393 g/mol. The molecule has 0 spiro atoms. The fourth-order valence-electron chi connectivity index (χ4n) is 3.34. The Morgan fingerprint density at radius 1 is 1.07 bits per heavy atom. The van der Waals surface area contributed by atoms with Gasteiger partial charge >= 0.3 is 0 Å². The van der Waals surface area contributed by atoms with Crippen LogP contribution in [0, 0.1) is 5.82 Å². The van der Waals surface area contributed by atoms with Crippen LogP contribution in [0.4, 0.5) is 10.1 Å². The molecule has 0 aliphatic carbocycles. The first kappa shape index (κ1) is 21.4. The number of rotatable bonds is 7. The molecule has 1 N–H and O–H groups in total. The highest BCUT2D eigenvalue weighted by Gasteiger charge is 2.28. The van der Waals surface area contributed by atoms with Gasteiger partial charge in [-0.2, -0.15) is 4.31 Å². The van der Waals surface area contributed by atoms with Crippen LogP contribution < -0.4 is 5.32 Å². The highest BCUT2D eigenvalue weighted by molar-refractivity contribution is 7.89. The van der Waals surface area contributed by atoms with E-state index in [2.05, 4.69) is 17.1 Å². The van der Waals surface area contributed by atoms with Gasteiger partial charge in [0.2, 0.25) is 15.9 Å². The van der Waals surface area contributed by atoms with E-state index in [0.717, 1.165) is 12.1 Å². The predicted octanol–water partition coefficient (Wildman–Crippen LogP) is 2.72. The number of aryl methyl sites for hydroxylation is 1. The number of benzene rings is 2.